The molecule has 0 bridgehead atoms. The molecular weight excluding hydrogens is 206 g/mol. The van der Waals surface area contributed by atoms with Crippen molar-refractivity contribution in [3.63, 3.8) is 0 Å². The van der Waals surface area contributed by atoms with Gasteiger partial charge in [0.2, 0.25) is 0 Å². The molecule has 0 aliphatic rings. The molecule has 0 saturated carbocycles. The number of hydrogen-bond donors (Lipinski definition) is 1. The maximum atomic E-state index is 9.01. The largest absolute Gasteiger partial charge is 0.496 e. The zero-order valence-corrected chi connectivity index (χ0v) is 9.22. The molecule has 4 heteroatoms. The van der Waals surface area contributed by atoms with Crippen LogP contribution in [0.2, 0.25) is 0 Å². The van der Waals surface area contributed by atoms with Crippen LogP contribution in [0.15, 0.2) is 24.3 Å². The summed E-state index contributed by atoms with van der Waals surface area (Å²) in [6.07, 6.45) is -0.129. The van der Waals surface area contributed by atoms with Gasteiger partial charge < -0.3 is 14.6 Å². The van der Waals surface area contributed by atoms with Crippen molar-refractivity contribution >= 4 is 0 Å². The number of rotatable bonds is 6. The lowest BCUT2D eigenvalue weighted by Crippen LogP contribution is -2.06. The highest BCUT2D eigenvalue weighted by atomic mass is 16.5. The second-order valence-electron chi connectivity index (χ2n) is 3.20. The molecule has 0 amide bonds. The van der Waals surface area contributed by atoms with Crippen LogP contribution in [0.3, 0.4) is 0 Å². The minimum Gasteiger partial charge on any atom is -0.496 e. The Morgan fingerprint density at radius 1 is 1.44 bits per heavy atom. The smallest absolute Gasteiger partial charge is 0.172 e. The van der Waals surface area contributed by atoms with Crippen molar-refractivity contribution in [2.75, 3.05) is 20.3 Å². The zero-order valence-electron chi connectivity index (χ0n) is 9.22. The van der Waals surface area contributed by atoms with Gasteiger partial charge in [-0.3, -0.25) is 0 Å². The molecule has 4 nitrogen and oxygen atoms in total. The fourth-order valence-corrected chi connectivity index (χ4v) is 1.35. The number of benzene rings is 1. The minimum absolute atomic E-state index is 0.0596. The number of aliphatic hydroxyl groups excluding tert-OH is 1. The minimum atomic E-state index is -0.650. The van der Waals surface area contributed by atoms with Crippen molar-refractivity contribution in [1.82, 2.24) is 0 Å². The highest BCUT2D eigenvalue weighted by Crippen LogP contribution is 2.26. The summed E-state index contributed by atoms with van der Waals surface area (Å²) in [5.41, 5.74) is 0.713. The molecule has 1 rings (SSSR count). The number of aliphatic hydroxyl groups is 1. The Morgan fingerprint density at radius 3 is 2.81 bits per heavy atom. The molecule has 0 radical (unpaired) electrons. The third kappa shape index (κ3) is 3.23. The second-order valence-corrected chi connectivity index (χ2v) is 3.20. The van der Waals surface area contributed by atoms with E-state index in [0.717, 1.165) is 0 Å². The number of hydrogen-bond acceptors (Lipinski definition) is 4. The summed E-state index contributed by atoms with van der Waals surface area (Å²) in [5.74, 6) is 0.637. The first-order chi connectivity index (χ1) is 7.83. The van der Waals surface area contributed by atoms with Gasteiger partial charge in [0, 0.05) is 12.2 Å². The first-order valence-electron chi connectivity index (χ1n) is 5.08. The molecule has 1 unspecified atom stereocenters. The number of nitrogens with zero attached hydrogens (tertiary/aromatic N) is 1. The summed E-state index contributed by atoms with van der Waals surface area (Å²) < 4.78 is 10.5. The molecule has 0 aliphatic heterocycles. The Balaban J connectivity index is 2.75. The van der Waals surface area contributed by atoms with Gasteiger partial charge in [0.15, 0.2) is 6.10 Å². The number of methoxy groups -OCH3 is 1. The van der Waals surface area contributed by atoms with Gasteiger partial charge >= 0.3 is 0 Å². The van der Waals surface area contributed by atoms with E-state index in [-0.39, 0.29) is 6.61 Å². The van der Waals surface area contributed by atoms with Crippen LogP contribution >= 0.6 is 0 Å². The van der Waals surface area contributed by atoms with Gasteiger partial charge in [-0.2, -0.15) is 5.26 Å². The topological polar surface area (TPSA) is 62.5 Å². The highest BCUT2D eigenvalue weighted by molar-refractivity contribution is 5.37. The third-order valence-corrected chi connectivity index (χ3v) is 2.13. The van der Waals surface area contributed by atoms with Crippen LogP contribution in [-0.4, -0.2) is 25.4 Å². The van der Waals surface area contributed by atoms with Crippen LogP contribution in [0.1, 0.15) is 18.1 Å². The number of ether oxygens (including phenoxy) is 2. The molecule has 0 aliphatic carbocycles. The fraction of sp³-hybridized carbons (Fsp3) is 0.417. The molecule has 1 N–H and O–H groups in total. The predicted octanol–water partition coefficient (Wildman–Crippen LogP) is 1.66. The lowest BCUT2D eigenvalue weighted by Gasteiger charge is -2.13. The van der Waals surface area contributed by atoms with E-state index in [9.17, 15) is 0 Å². The summed E-state index contributed by atoms with van der Waals surface area (Å²) >= 11 is 0. The maximum absolute atomic E-state index is 9.01. The van der Waals surface area contributed by atoms with Gasteiger partial charge in [0.05, 0.1) is 19.8 Å². The van der Waals surface area contributed by atoms with E-state index in [1.54, 1.807) is 19.2 Å². The van der Waals surface area contributed by atoms with Crippen molar-refractivity contribution in [2.24, 2.45) is 0 Å². The highest BCUT2D eigenvalue weighted by Gasteiger charge is 2.15. The molecule has 0 aromatic heterocycles. The van der Waals surface area contributed by atoms with Crippen molar-refractivity contribution < 1.29 is 14.6 Å². The standard InChI is InChI=1S/C12H15NO3/c1-15-11-6-3-2-5-10(11)12(9-13)16-8-4-7-14/h2-3,5-6,12,14H,4,7-8H2,1H3. The molecule has 0 spiro atoms. The number of nitriles is 1. The third-order valence-electron chi connectivity index (χ3n) is 2.13. The van der Waals surface area contributed by atoms with Gasteiger partial charge in [0.25, 0.3) is 0 Å². The Bertz CT molecular complexity index is 360. The zero-order chi connectivity index (χ0) is 11.8. The quantitative estimate of drug-likeness (QED) is 0.742. The van der Waals surface area contributed by atoms with Gasteiger partial charge in [-0.05, 0) is 12.5 Å². The predicted molar refractivity (Wildman–Crippen MR) is 59.0 cm³/mol. The van der Waals surface area contributed by atoms with Crippen molar-refractivity contribution in [1.29, 1.82) is 5.26 Å². The molecule has 16 heavy (non-hydrogen) atoms. The van der Waals surface area contributed by atoms with Crippen LogP contribution < -0.4 is 4.74 Å². The number of para-hydroxylation sites is 1. The normalized spacial score (nSPS) is 11.8. The van der Waals surface area contributed by atoms with Crippen LogP contribution in [0.5, 0.6) is 5.75 Å². The van der Waals surface area contributed by atoms with Crippen molar-refractivity contribution in [3.05, 3.63) is 29.8 Å². The summed E-state index contributed by atoms with van der Waals surface area (Å²) in [5, 5.41) is 17.6. The second kappa shape index (κ2) is 6.83. The van der Waals surface area contributed by atoms with E-state index in [4.69, 9.17) is 19.8 Å². The Morgan fingerprint density at radius 2 is 2.19 bits per heavy atom. The van der Waals surface area contributed by atoms with Crippen LogP contribution in [0.25, 0.3) is 0 Å². The van der Waals surface area contributed by atoms with Crippen LogP contribution in [0, 0.1) is 11.3 Å². The van der Waals surface area contributed by atoms with Gasteiger partial charge in [-0.25, -0.2) is 0 Å². The molecule has 0 heterocycles. The van der Waals surface area contributed by atoms with Gasteiger partial charge in [-0.15, -0.1) is 0 Å². The molecule has 0 fully saturated rings. The van der Waals surface area contributed by atoms with E-state index < -0.39 is 6.10 Å². The molecule has 1 aromatic carbocycles. The maximum Gasteiger partial charge on any atom is 0.172 e. The lowest BCUT2D eigenvalue weighted by molar-refractivity contribution is 0.0759. The van der Waals surface area contributed by atoms with E-state index in [1.165, 1.54) is 0 Å². The first kappa shape index (κ1) is 12.5. The Labute approximate surface area is 95.0 Å². The van der Waals surface area contributed by atoms with Crippen LogP contribution in [0.4, 0.5) is 0 Å². The van der Waals surface area contributed by atoms with Crippen molar-refractivity contribution in [3.8, 4) is 11.8 Å². The van der Waals surface area contributed by atoms with E-state index in [0.29, 0.717) is 24.3 Å². The molecule has 0 saturated heterocycles. The van der Waals surface area contributed by atoms with Gasteiger partial charge in [-0.1, -0.05) is 18.2 Å². The molecule has 1 atom stereocenters. The van der Waals surface area contributed by atoms with E-state index >= 15 is 0 Å². The SMILES string of the molecule is COc1ccccc1C(C#N)OCCCO. The summed E-state index contributed by atoms with van der Waals surface area (Å²) in [6.45, 7) is 0.414. The Kier molecular flexibility index (Phi) is 5.34. The molecule has 86 valence electrons. The van der Waals surface area contributed by atoms with Crippen LogP contribution in [-0.2, 0) is 4.74 Å². The van der Waals surface area contributed by atoms with Gasteiger partial charge in [0.1, 0.15) is 5.75 Å². The summed E-state index contributed by atoms with van der Waals surface area (Å²) in [7, 11) is 1.56. The van der Waals surface area contributed by atoms with E-state index in [1.807, 2.05) is 12.1 Å². The monoisotopic (exact) mass is 221 g/mol. The molecular formula is C12H15NO3. The summed E-state index contributed by atoms with van der Waals surface area (Å²) in [4.78, 5) is 0. The average Bonchev–Trinajstić information content (AvgIpc) is 2.35. The first-order valence-corrected chi connectivity index (χ1v) is 5.08. The Hall–Kier alpha value is -1.57. The van der Waals surface area contributed by atoms with Crippen molar-refractivity contribution in [2.45, 2.75) is 12.5 Å². The lowest BCUT2D eigenvalue weighted by atomic mass is 10.1. The average molecular weight is 221 g/mol. The summed E-state index contributed by atoms with van der Waals surface area (Å²) in [6, 6.07) is 9.32. The molecule has 1 aromatic rings. The fourth-order valence-electron chi connectivity index (χ4n) is 1.35. The van der Waals surface area contributed by atoms with E-state index in [2.05, 4.69) is 6.07 Å².